The Balaban J connectivity index is 2.12. The van der Waals surface area contributed by atoms with Crippen LogP contribution in [0.5, 0.6) is 0 Å². The summed E-state index contributed by atoms with van der Waals surface area (Å²) in [6.45, 7) is 3.40. The van der Waals surface area contributed by atoms with Crippen LogP contribution in [0.3, 0.4) is 0 Å². The van der Waals surface area contributed by atoms with Crippen molar-refractivity contribution in [3.05, 3.63) is 23.5 Å². The van der Waals surface area contributed by atoms with Crippen LogP contribution in [0.15, 0.2) is 12.4 Å². The Morgan fingerprint density at radius 2 is 2.35 bits per heavy atom. The predicted molar refractivity (Wildman–Crippen MR) is 66.9 cm³/mol. The molecule has 0 aliphatic heterocycles. The summed E-state index contributed by atoms with van der Waals surface area (Å²) < 4.78 is 2.00. The molecule has 4 heteroatoms. The van der Waals surface area contributed by atoms with Gasteiger partial charge in [-0.2, -0.15) is 0 Å². The maximum atomic E-state index is 9.46. The maximum Gasteiger partial charge on any atom is 0.0949 e. The normalized spacial score (nSPS) is 21.2. The highest BCUT2D eigenvalue weighted by Gasteiger charge is 2.21. The first-order chi connectivity index (χ1) is 8.24. The number of aromatic nitrogens is 1. The predicted octanol–water partition coefficient (Wildman–Crippen LogP) is 0.828. The number of rotatable bonds is 5. The molecule has 0 amide bonds. The van der Waals surface area contributed by atoms with Gasteiger partial charge in [0.05, 0.1) is 19.3 Å². The molecule has 1 aliphatic carbocycles. The van der Waals surface area contributed by atoms with Crippen molar-refractivity contribution in [2.75, 3.05) is 13.2 Å². The van der Waals surface area contributed by atoms with Gasteiger partial charge >= 0.3 is 0 Å². The lowest BCUT2D eigenvalue weighted by Gasteiger charge is -2.22. The monoisotopic (exact) mass is 238 g/mol. The third-order valence-corrected chi connectivity index (χ3v) is 3.39. The van der Waals surface area contributed by atoms with E-state index in [1.54, 1.807) is 0 Å². The van der Waals surface area contributed by atoms with Crippen molar-refractivity contribution >= 4 is 0 Å². The van der Waals surface area contributed by atoms with Crippen LogP contribution in [0, 0.1) is 0 Å². The van der Waals surface area contributed by atoms with Crippen molar-refractivity contribution in [3.8, 4) is 0 Å². The zero-order chi connectivity index (χ0) is 12.3. The van der Waals surface area contributed by atoms with Crippen LogP contribution >= 0.6 is 0 Å². The van der Waals surface area contributed by atoms with Crippen molar-refractivity contribution in [1.82, 2.24) is 9.88 Å². The standard InChI is InChI=1S/C13H22N2O2/c1-2-14-13-5-3-4-10-6-15(8-12(10)13)7-11(17)9-16/h6,8,11,13-14,16-17H,2-5,7,9H2,1H3. The molecule has 0 saturated heterocycles. The number of nitrogens with zero attached hydrogens (tertiary/aromatic N) is 1. The molecule has 0 aromatic carbocycles. The van der Waals surface area contributed by atoms with Gasteiger partial charge in [0.25, 0.3) is 0 Å². The smallest absolute Gasteiger partial charge is 0.0949 e. The summed E-state index contributed by atoms with van der Waals surface area (Å²) >= 11 is 0. The van der Waals surface area contributed by atoms with Crippen LogP contribution in [0.1, 0.15) is 36.9 Å². The van der Waals surface area contributed by atoms with E-state index in [2.05, 4.69) is 24.6 Å². The summed E-state index contributed by atoms with van der Waals surface area (Å²) in [6.07, 6.45) is 7.09. The quantitative estimate of drug-likeness (QED) is 0.712. The molecule has 0 spiro atoms. The second-order valence-electron chi connectivity index (χ2n) is 4.77. The van der Waals surface area contributed by atoms with Crippen molar-refractivity contribution in [2.45, 2.75) is 44.9 Å². The van der Waals surface area contributed by atoms with Gasteiger partial charge in [-0.15, -0.1) is 0 Å². The van der Waals surface area contributed by atoms with Crippen LogP contribution in [-0.4, -0.2) is 34.0 Å². The van der Waals surface area contributed by atoms with Gasteiger partial charge in [0, 0.05) is 18.4 Å². The molecule has 1 heterocycles. The van der Waals surface area contributed by atoms with Crippen molar-refractivity contribution in [1.29, 1.82) is 0 Å². The Hall–Kier alpha value is -0.840. The Bertz CT molecular complexity index is 362. The Morgan fingerprint density at radius 3 is 3.06 bits per heavy atom. The molecule has 0 fully saturated rings. The van der Waals surface area contributed by atoms with Crippen molar-refractivity contribution in [2.24, 2.45) is 0 Å². The summed E-state index contributed by atoms with van der Waals surface area (Å²) in [5, 5.41) is 21.8. The van der Waals surface area contributed by atoms with E-state index in [1.165, 1.54) is 24.0 Å². The third kappa shape index (κ3) is 2.89. The molecular formula is C13H22N2O2. The van der Waals surface area contributed by atoms with E-state index in [1.807, 2.05) is 4.57 Å². The summed E-state index contributed by atoms with van der Waals surface area (Å²) in [6, 6.07) is 0.455. The maximum absolute atomic E-state index is 9.46. The Kier molecular flexibility index (Phi) is 4.20. The van der Waals surface area contributed by atoms with E-state index in [9.17, 15) is 5.11 Å². The number of fused-ring (bicyclic) bond motifs is 1. The van der Waals surface area contributed by atoms with Gasteiger partial charge in [0.1, 0.15) is 0 Å². The minimum Gasteiger partial charge on any atom is -0.394 e. The average molecular weight is 238 g/mol. The highest BCUT2D eigenvalue weighted by atomic mass is 16.3. The second-order valence-corrected chi connectivity index (χ2v) is 4.77. The molecule has 0 radical (unpaired) electrons. The number of nitrogens with one attached hydrogen (secondary N) is 1. The summed E-state index contributed by atoms with van der Waals surface area (Å²) in [4.78, 5) is 0. The molecule has 17 heavy (non-hydrogen) atoms. The first kappa shape index (κ1) is 12.6. The fourth-order valence-corrected chi connectivity index (χ4v) is 2.61. The van der Waals surface area contributed by atoms with Gasteiger partial charge in [-0.1, -0.05) is 6.92 Å². The fourth-order valence-electron chi connectivity index (χ4n) is 2.61. The topological polar surface area (TPSA) is 57.4 Å². The van der Waals surface area contributed by atoms with E-state index < -0.39 is 6.10 Å². The number of hydrogen-bond donors (Lipinski definition) is 3. The molecule has 3 N–H and O–H groups in total. The summed E-state index contributed by atoms with van der Waals surface area (Å²) in [5.41, 5.74) is 2.75. The summed E-state index contributed by atoms with van der Waals surface area (Å²) in [5.74, 6) is 0. The zero-order valence-electron chi connectivity index (χ0n) is 10.4. The van der Waals surface area contributed by atoms with Gasteiger partial charge in [-0.3, -0.25) is 0 Å². The molecule has 1 aromatic heterocycles. The second kappa shape index (κ2) is 5.67. The van der Waals surface area contributed by atoms with Gasteiger partial charge in [-0.05, 0) is 36.9 Å². The average Bonchev–Trinajstić information content (AvgIpc) is 2.72. The SMILES string of the molecule is CCNC1CCCc2cn(CC(O)CO)cc21. The van der Waals surface area contributed by atoms with Crippen LogP contribution < -0.4 is 5.32 Å². The fraction of sp³-hybridized carbons (Fsp3) is 0.692. The lowest BCUT2D eigenvalue weighted by Crippen LogP contribution is -2.24. The molecular weight excluding hydrogens is 216 g/mol. The van der Waals surface area contributed by atoms with Crippen LogP contribution in [0.2, 0.25) is 0 Å². The number of aryl methyl sites for hydroxylation is 1. The van der Waals surface area contributed by atoms with E-state index in [4.69, 9.17) is 5.11 Å². The zero-order valence-corrected chi connectivity index (χ0v) is 10.4. The van der Waals surface area contributed by atoms with Crippen molar-refractivity contribution < 1.29 is 10.2 Å². The largest absolute Gasteiger partial charge is 0.394 e. The Labute approximate surface area is 102 Å². The molecule has 0 saturated carbocycles. The molecule has 0 bridgehead atoms. The van der Waals surface area contributed by atoms with E-state index >= 15 is 0 Å². The minimum atomic E-state index is -0.665. The Morgan fingerprint density at radius 1 is 1.53 bits per heavy atom. The molecule has 2 unspecified atom stereocenters. The highest BCUT2D eigenvalue weighted by Crippen LogP contribution is 2.30. The highest BCUT2D eigenvalue weighted by molar-refractivity contribution is 5.30. The van der Waals surface area contributed by atoms with E-state index in [-0.39, 0.29) is 6.61 Å². The van der Waals surface area contributed by atoms with E-state index in [0.29, 0.717) is 12.6 Å². The van der Waals surface area contributed by atoms with Gasteiger partial charge in [0.2, 0.25) is 0 Å². The van der Waals surface area contributed by atoms with Gasteiger partial charge in [0.15, 0.2) is 0 Å². The van der Waals surface area contributed by atoms with Crippen LogP contribution in [0.4, 0.5) is 0 Å². The molecule has 4 nitrogen and oxygen atoms in total. The van der Waals surface area contributed by atoms with Crippen molar-refractivity contribution in [3.63, 3.8) is 0 Å². The van der Waals surface area contributed by atoms with Crippen LogP contribution in [-0.2, 0) is 13.0 Å². The molecule has 2 rings (SSSR count). The molecule has 1 aliphatic rings. The van der Waals surface area contributed by atoms with E-state index in [0.717, 1.165) is 13.0 Å². The number of aliphatic hydroxyl groups is 2. The van der Waals surface area contributed by atoms with Crippen LogP contribution in [0.25, 0.3) is 0 Å². The first-order valence-electron chi connectivity index (χ1n) is 6.45. The minimum absolute atomic E-state index is 0.181. The lowest BCUT2D eigenvalue weighted by atomic mass is 9.91. The third-order valence-electron chi connectivity index (χ3n) is 3.39. The van der Waals surface area contributed by atoms with Gasteiger partial charge < -0.3 is 20.1 Å². The lowest BCUT2D eigenvalue weighted by molar-refractivity contribution is 0.0812. The number of aliphatic hydroxyl groups excluding tert-OH is 2. The summed E-state index contributed by atoms with van der Waals surface area (Å²) in [7, 11) is 0. The number of hydrogen-bond acceptors (Lipinski definition) is 3. The van der Waals surface area contributed by atoms with Gasteiger partial charge in [-0.25, -0.2) is 0 Å². The molecule has 1 aromatic rings. The first-order valence-corrected chi connectivity index (χ1v) is 6.45. The molecule has 96 valence electrons. The molecule has 2 atom stereocenters.